The number of unbranched alkanes of at least 4 members (excludes halogenated alkanes) is 1. The van der Waals surface area contributed by atoms with Gasteiger partial charge in [-0.25, -0.2) is 4.98 Å². The van der Waals surface area contributed by atoms with Crippen molar-refractivity contribution in [3.05, 3.63) is 42.0 Å². The maximum Gasteiger partial charge on any atom is 0.251 e. The zero-order chi connectivity index (χ0) is 21.9. The van der Waals surface area contributed by atoms with Crippen LogP contribution in [0.25, 0.3) is 33.5 Å². The summed E-state index contributed by atoms with van der Waals surface area (Å²) in [6.07, 6.45) is 1.76. The predicted molar refractivity (Wildman–Crippen MR) is 125 cm³/mol. The number of benzene rings is 2. The van der Waals surface area contributed by atoms with Crippen LogP contribution in [0.2, 0.25) is 0 Å². The summed E-state index contributed by atoms with van der Waals surface area (Å²) < 4.78 is 5.45. The second-order valence-electron chi connectivity index (χ2n) is 7.97. The van der Waals surface area contributed by atoms with Crippen molar-refractivity contribution in [2.75, 3.05) is 44.3 Å². The molecule has 0 saturated carbocycles. The summed E-state index contributed by atoms with van der Waals surface area (Å²) in [6.45, 7) is 4.50. The van der Waals surface area contributed by atoms with Crippen molar-refractivity contribution in [1.82, 2.24) is 25.5 Å². The van der Waals surface area contributed by atoms with Crippen LogP contribution in [0.5, 0.6) is 0 Å². The minimum atomic E-state index is -0.101. The zero-order valence-corrected chi connectivity index (χ0v) is 17.9. The predicted octanol–water partition coefficient (Wildman–Crippen LogP) is 2.41. The third kappa shape index (κ3) is 4.04. The van der Waals surface area contributed by atoms with Gasteiger partial charge in [0.25, 0.3) is 5.91 Å². The number of hydrogen-bond acceptors (Lipinski definition) is 6. The fourth-order valence-corrected chi connectivity index (χ4v) is 4.04. The number of anilines is 1. The molecule has 5 rings (SSSR count). The Balaban J connectivity index is 1.42. The van der Waals surface area contributed by atoms with E-state index in [4.69, 9.17) is 15.5 Å². The first-order chi connectivity index (χ1) is 15.7. The SMILES string of the molecule is NCCCCNC(=O)c1ccc2[nH]nc(-c3nc4ccc(N5CCOCC5)cc4[nH]3)c2c1. The summed E-state index contributed by atoms with van der Waals surface area (Å²) in [5, 5.41) is 11.3. The number of H-pyrrole nitrogens is 2. The lowest BCUT2D eigenvalue weighted by Crippen LogP contribution is -2.36. The number of hydrogen-bond donors (Lipinski definition) is 4. The van der Waals surface area contributed by atoms with E-state index in [2.05, 4.69) is 37.5 Å². The van der Waals surface area contributed by atoms with E-state index in [1.165, 1.54) is 0 Å². The Morgan fingerprint density at radius 3 is 2.84 bits per heavy atom. The number of rotatable bonds is 7. The molecule has 4 aromatic rings. The van der Waals surface area contributed by atoms with Crippen molar-refractivity contribution >= 4 is 33.5 Å². The van der Waals surface area contributed by atoms with Crippen LogP contribution < -0.4 is 16.0 Å². The van der Waals surface area contributed by atoms with Gasteiger partial charge in [-0.3, -0.25) is 9.89 Å². The molecule has 32 heavy (non-hydrogen) atoms. The number of carbonyl (C=O) groups is 1. The first-order valence-corrected chi connectivity index (χ1v) is 11.0. The van der Waals surface area contributed by atoms with Gasteiger partial charge in [-0.1, -0.05) is 0 Å². The molecule has 166 valence electrons. The lowest BCUT2D eigenvalue weighted by atomic mass is 10.1. The number of nitrogens with one attached hydrogen (secondary N) is 3. The van der Waals surface area contributed by atoms with E-state index >= 15 is 0 Å². The van der Waals surface area contributed by atoms with E-state index in [-0.39, 0.29) is 5.91 Å². The van der Waals surface area contributed by atoms with Crippen molar-refractivity contribution in [3.8, 4) is 11.5 Å². The Morgan fingerprint density at radius 2 is 2.00 bits per heavy atom. The van der Waals surface area contributed by atoms with E-state index in [0.717, 1.165) is 66.8 Å². The van der Waals surface area contributed by atoms with Gasteiger partial charge in [-0.15, -0.1) is 0 Å². The molecular weight excluding hydrogens is 406 g/mol. The monoisotopic (exact) mass is 433 g/mol. The Bertz CT molecular complexity index is 1240. The number of aromatic amines is 2. The zero-order valence-electron chi connectivity index (χ0n) is 17.9. The third-order valence-corrected chi connectivity index (χ3v) is 5.81. The van der Waals surface area contributed by atoms with Gasteiger partial charge in [-0.05, 0) is 55.8 Å². The maximum atomic E-state index is 12.5. The van der Waals surface area contributed by atoms with Crippen LogP contribution in [0.1, 0.15) is 23.2 Å². The normalized spacial score (nSPS) is 14.3. The quantitative estimate of drug-likeness (QED) is 0.332. The summed E-state index contributed by atoms with van der Waals surface area (Å²) in [4.78, 5) is 23.0. The molecule has 2 aromatic carbocycles. The fraction of sp³-hybridized carbons (Fsp3) is 0.348. The van der Waals surface area contributed by atoms with Crippen LogP contribution in [0.4, 0.5) is 5.69 Å². The van der Waals surface area contributed by atoms with Crippen molar-refractivity contribution in [2.45, 2.75) is 12.8 Å². The number of ether oxygens (including phenoxy) is 1. The van der Waals surface area contributed by atoms with E-state index in [1.807, 2.05) is 18.2 Å². The molecule has 0 spiro atoms. The molecule has 3 heterocycles. The topological polar surface area (TPSA) is 125 Å². The van der Waals surface area contributed by atoms with Gasteiger partial charge in [0.1, 0.15) is 5.69 Å². The van der Waals surface area contributed by atoms with Gasteiger partial charge in [0.2, 0.25) is 0 Å². The minimum Gasteiger partial charge on any atom is -0.378 e. The van der Waals surface area contributed by atoms with Crippen LogP contribution in [-0.4, -0.2) is 65.5 Å². The highest BCUT2D eigenvalue weighted by molar-refractivity contribution is 6.01. The van der Waals surface area contributed by atoms with Crippen LogP contribution in [-0.2, 0) is 4.74 Å². The lowest BCUT2D eigenvalue weighted by molar-refractivity contribution is 0.0953. The average Bonchev–Trinajstić information content (AvgIpc) is 3.45. The molecular formula is C23H27N7O2. The largest absolute Gasteiger partial charge is 0.378 e. The summed E-state index contributed by atoms with van der Waals surface area (Å²) >= 11 is 0. The Morgan fingerprint density at radius 1 is 1.12 bits per heavy atom. The number of morpholine rings is 1. The second-order valence-corrected chi connectivity index (χ2v) is 7.97. The first kappa shape index (κ1) is 20.5. The standard InChI is InChI=1S/C23H27N7O2/c24-7-1-2-8-25-23(31)15-3-5-18-17(13-15)21(29-28-18)22-26-19-6-4-16(14-20(19)27-22)30-9-11-32-12-10-30/h3-6,13-14H,1-2,7-12,24H2,(H,25,31)(H,26,27)(H,28,29). The Kier molecular flexibility index (Phi) is 5.74. The average molecular weight is 434 g/mol. The second kappa shape index (κ2) is 8.97. The highest BCUT2D eigenvalue weighted by Crippen LogP contribution is 2.29. The van der Waals surface area contributed by atoms with E-state index in [1.54, 1.807) is 6.07 Å². The Hall–Kier alpha value is -3.43. The number of nitrogens with two attached hydrogens (primary N) is 1. The molecule has 0 unspecified atom stereocenters. The number of carbonyl (C=O) groups excluding carboxylic acids is 1. The van der Waals surface area contributed by atoms with Crippen LogP contribution >= 0.6 is 0 Å². The number of amides is 1. The van der Waals surface area contributed by atoms with Crippen LogP contribution in [0.3, 0.4) is 0 Å². The van der Waals surface area contributed by atoms with Crippen molar-refractivity contribution < 1.29 is 9.53 Å². The van der Waals surface area contributed by atoms with Crippen molar-refractivity contribution in [1.29, 1.82) is 0 Å². The summed E-state index contributed by atoms with van der Waals surface area (Å²) in [7, 11) is 0. The van der Waals surface area contributed by atoms with Crippen molar-refractivity contribution in [3.63, 3.8) is 0 Å². The minimum absolute atomic E-state index is 0.101. The molecule has 1 amide bonds. The molecule has 0 radical (unpaired) electrons. The molecule has 1 fully saturated rings. The molecule has 9 nitrogen and oxygen atoms in total. The van der Waals surface area contributed by atoms with Crippen molar-refractivity contribution in [2.24, 2.45) is 5.73 Å². The highest BCUT2D eigenvalue weighted by atomic mass is 16.5. The van der Waals surface area contributed by atoms with Crippen LogP contribution in [0, 0.1) is 0 Å². The van der Waals surface area contributed by atoms with Gasteiger partial charge >= 0.3 is 0 Å². The summed E-state index contributed by atoms with van der Waals surface area (Å²) in [5.41, 5.74) is 10.6. The molecule has 1 saturated heterocycles. The molecule has 0 aliphatic carbocycles. The van der Waals surface area contributed by atoms with Gasteiger partial charge in [-0.2, -0.15) is 5.10 Å². The third-order valence-electron chi connectivity index (χ3n) is 5.81. The van der Waals surface area contributed by atoms with E-state index in [9.17, 15) is 4.79 Å². The number of imidazole rings is 1. The molecule has 2 aromatic heterocycles. The number of nitrogens with zero attached hydrogens (tertiary/aromatic N) is 3. The molecule has 0 bridgehead atoms. The molecule has 0 atom stereocenters. The number of aromatic nitrogens is 4. The smallest absolute Gasteiger partial charge is 0.251 e. The number of fused-ring (bicyclic) bond motifs is 2. The molecule has 1 aliphatic heterocycles. The van der Waals surface area contributed by atoms with Crippen LogP contribution in [0.15, 0.2) is 36.4 Å². The lowest BCUT2D eigenvalue weighted by Gasteiger charge is -2.28. The van der Waals surface area contributed by atoms with Gasteiger partial charge in [0, 0.05) is 36.3 Å². The van der Waals surface area contributed by atoms with E-state index in [0.29, 0.717) is 30.2 Å². The maximum absolute atomic E-state index is 12.5. The fourth-order valence-electron chi connectivity index (χ4n) is 4.04. The summed E-state index contributed by atoms with van der Waals surface area (Å²) in [5.74, 6) is 0.571. The highest BCUT2D eigenvalue weighted by Gasteiger charge is 2.17. The molecule has 9 heteroatoms. The van der Waals surface area contributed by atoms with E-state index < -0.39 is 0 Å². The van der Waals surface area contributed by atoms with Gasteiger partial charge in [0.05, 0.1) is 29.8 Å². The molecule has 5 N–H and O–H groups in total. The van der Waals surface area contributed by atoms with Gasteiger partial charge < -0.3 is 25.7 Å². The first-order valence-electron chi connectivity index (χ1n) is 11.0. The Labute approximate surface area is 185 Å². The molecule has 1 aliphatic rings. The van der Waals surface area contributed by atoms with Gasteiger partial charge in [0.15, 0.2) is 5.82 Å². The summed E-state index contributed by atoms with van der Waals surface area (Å²) in [6, 6.07) is 11.8.